The summed E-state index contributed by atoms with van der Waals surface area (Å²) < 4.78 is 4.57. The third-order valence-corrected chi connectivity index (χ3v) is 5.13. The molecule has 0 atom stereocenters. The van der Waals surface area contributed by atoms with Crippen LogP contribution >= 0.6 is 0 Å². The SMILES string of the molecule is Cn1nc(CN2CCC(Cn3nc(-n4cccn4)ccc3=O)CC2)ccc1=O. The third-order valence-electron chi connectivity index (χ3n) is 5.13. The molecule has 9 nitrogen and oxygen atoms in total. The standard InChI is InChI=1S/C19H23N7O2/c1-23-18(27)5-3-16(21-23)14-24-11-7-15(8-12-24)13-26-19(28)6-4-17(22-26)25-10-2-9-20-25/h2-6,9-10,15H,7-8,11-14H2,1H3. The van der Waals surface area contributed by atoms with Gasteiger partial charge < -0.3 is 0 Å². The van der Waals surface area contributed by atoms with Gasteiger partial charge in [0.15, 0.2) is 5.82 Å². The first-order chi connectivity index (χ1) is 13.6. The summed E-state index contributed by atoms with van der Waals surface area (Å²) in [6.07, 6.45) is 5.48. The summed E-state index contributed by atoms with van der Waals surface area (Å²) in [6, 6.07) is 8.41. The highest BCUT2D eigenvalue weighted by Crippen LogP contribution is 2.19. The molecular weight excluding hydrogens is 358 g/mol. The Labute approximate surface area is 161 Å². The van der Waals surface area contributed by atoms with Crippen LogP contribution in [-0.2, 0) is 20.1 Å². The van der Waals surface area contributed by atoms with Crippen LogP contribution in [0, 0.1) is 5.92 Å². The molecule has 0 amide bonds. The van der Waals surface area contributed by atoms with Crippen molar-refractivity contribution in [3.8, 4) is 5.82 Å². The van der Waals surface area contributed by atoms with Crippen molar-refractivity contribution in [2.45, 2.75) is 25.9 Å². The van der Waals surface area contributed by atoms with Crippen LogP contribution in [0.1, 0.15) is 18.5 Å². The van der Waals surface area contributed by atoms with E-state index in [1.807, 2.05) is 12.3 Å². The lowest BCUT2D eigenvalue weighted by atomic mass is 9.96. The van der Waals surface area contributed by atoms with Gasteiger partial charge in [-0.3, -0.25) is 14.5 Å². The molecule has 0 saturated carbocycles. The predicted octanol–water partition coefficient (Wildman–Crippen LogP) is 0.435. The lowest BCUT2D eigenvalue weighted by Crippen LogP contribution is -2.37. The lowest BCUT2D eigenvalue weighted by molar-refractivity contribution is 0.161. The van der Waals surface area contributed by atoms with E-state index in [2.05, 4.69) is 20.2 Å². The first kappa shape index (κ1) is 18.3. The summed E-state index contributed by atoms with van der Waals surface area (Å²) in [6.45, 7) is 3.21. The normalized spacial score (nSPS) is 15.8. The van der Waals surface area contributed by atoms with Gasteiger partial charge in [0.2, 0.25) is 0 Å². The molecule has 0 bridgehead atoms. The van der Waals surface area contributed by atoms with Gasteiger partial charge in [0.1, 0.15) is 0 Å². The minimum absolute atomic E-state index is 0.0901. The molecule has 3 aromatic rings. The van der Waals surface area contributed by atoms with Crippen molar-refractivity contribution < 1.29 is 0 Å². The topological polar surface area (TPSA) is 90.8 Å². The Balaban J connectivity index is 1.37. The number of likely N-dealkylation sites (tertiary alicyclic amines) is 1. The van der Waals surface area contributed by atoms with Gasteiger partial charge in [0.25, 0.3) is 11.1 Å². The molecule has 0 aliphatic carbocycles. The largest absolute Gasteiger partial charge is 0.297 e. The van der Waals surface area contributed by atoms with E-state index < -0.39 is 0 Å². The van der Waals surface area contributed by atoms with Crippen LogP contribution in [0.15, 0.2) is 52.3 Å². The number of rotatable bonds is 5. The average molecular weight is 381 g/mol. The van der Waals surface area contributed by atoms with Gasteiger partial charge in [-0.2, -0.15) is 10.2 Å². The Morgan fingerprint density at radius 2 is 1.82 bits per heavy atom. The zero-order valence-corrected chi connectivity index (χ0v) is 15.8. The summed E-state index contributed by atoms with van der Waals surface area (Å²) in [5, 5.41) is 12.9. The maximum Gasteiger partial charge on any atom is 0.266 e. The van der Waals surface area contributed by atoms with E-state index in [0.717, 1.165) is 38.2 Å². The molecule has 4 heterocycles. The maximum atomic E-state index is 12.2. The molecule has 1 saturated heterocycles. The second-order valence-corrected chi connectivity index (χ2v) is 7.17. The molecule has 0 spiro atoms. The van der Waals surface area contributed by atoms with Gasteiger partial charge in [-0.25, -0.2) is 14.0 Å². The predicted molar refractivity (Wildman–Crippen MR) is 103 cm³/mol. The first-order valence-electron chi connectivity index (χ1n) is 9.42. The fourth-order valence-corrected chi connectivity index (χ4v) is 3.53. The number of aromatic nitrogens is 6. The number of hydrogen-bond donors (Lipinski definition) is 0. The lowest BCUT2D eigenvalue weighted by Gasteiger charge is -2.31. The fourth-order valence-electron chi connectivity index (χ4n) is 3.53. The first-order valence-corrected chi connectivity index (χ1v) is 9.42. The Kier molecular flexibility index (Phi) is 5.16. The number of piperidine rings is 1. The zero-order valence-electron chi connectivity index (χ0n) is 15.8. The summed E-state index contributed by atoms with van der Waals surface area (Å²) in [5.74, 6) is 1.05. The molecular formula is C19H23N7O2. The van der Waals surface area contributed by atoms with Crippen LogP contribution < -0.4 is 11.1 Å². The van der Waals surface area contributed by atoms with Crippen molar-refractivity contribution in [2.75, 3.05) is 13.1 Å². The fraction of sp³-hybridized carbons (Fsp3) is 0.421. The molecule has 1 aliphatic rings. The minimum Gasteiger partial charge on any atom is -0.297 e. The van der Waals surface area contributed by atoms with Crippen LogP contribution in [-0.4, -0.2) is 47.3 Å². The summed E-state index contributed by atoms with van der Waals surface area (Å²) in [4.78, 5) is 26.0. The van der Waals surface area contributed by atoms with E-state index in [9.17, 15) is 9.59 Å². The van der Waals surface area contributed by atoms with Gasteiger partial charge in [-0.1, -0.05) is 0 Å². The Morgan fingerprint density at radius 3 is 2.54 bits per heavy atom. The maximum absolute atomic E-state index is 12.2. The van der Waals surface area contributed by atoms with Gasteiger partial charge in [-0.05, 0) is 50.0 Å². The van der Waals surface area contributed by atoms with Gasteiger partial charge >= 0.3 is 0 Å². The van der Waals surface area contributed by atoms with Crippen LogP contribution in [0.4, 0.5) is 0 Å². The molecule has 3 aromatic heterocycles. The second kappa shape index (κ2) is 7.89. The number of aryl methyl sites for hydroxylation is 1. The smallest absolute Gasteiger partial charge is 0.266 e. The molecule has 146 valence electrons. The van der Waals surface area contributed by atoms with Crippen LogP contribution in [0.5, 0.6) is 0 Å². The molecule has 4 rings (SSSR count). The van der Waals surface area contributed by atoms with Gasteiger partial charge in [0.05, 0.1) is 5.69 Å². The van der Waals surface area contributed by atoms with Crippen LogP contribution in [0.3, 0.4) is 0 Å². The summed E-state index contributed by atoms with van der Waals surface area (Å²) in [5.41, 5.74) is 0.704. The molecule has 9 heteroatoms. The van der Waals surface area contributed by atoms with E-state index in [1.165, 1.54) is 4.68 Å². The van der Waals surface area contributed by atoms with E-state index >= 15 is 0 Å². The van der Waals surface area contributed by atoms with Crippen LogP contribution in [0.25, 0.3) is 5.82 Å². The summed E-state index contributed by atoms with van der Waals surface area (Å²) >= 11 is 0. The highest BCUT2D eigenvalue weighted by Gasteiger charge is 2.21. The van der Waals surface area contributed by atoms with E-state index in [-0.39, 0.29) is 11.1 Å². The Hall–Kier alpha value is -3.07. The molecule has 1 fully saturated rings. The molecule has 0 N–H and O–H groups in total. The van der Waals surface area contributed by atoms with Crippen molar-refractivity contribution in [1.29, 1.82) is 0 Å². The second-order valence-electron chi connectivity index (χ2n) is 7.17. The monoisotopic (exact) mass is 381 g/mol. The van der Waals surface area contributed by atoms with E-state index in [4.69, 9.17) is 0 Å². The number of nitrogens with zero attached hydrogens (tertiary/aromatic N) is 7. The number of hydrogen-bond acceptors (Lipinski definition) is 6. The average Bonchev–Trinajstić information content (AvgIpc) is 3.23. The van der Waals surface area contributed by atoms with E-state index in [1.54, 1.807) is 46.9 Å². The van der Waals surface area contributed by atoms with Crippen molar-refractivity contribution in [2.24, 2.45) is 13.0 Å². The van der Waals surface area contributed by atoms with Gasteiger partial charge in [-0.15, -0.1) is 5.10 Å². The summed E-state index contributed by atoms with van der Waals surface area (Å²) in [7, 11) is 1.67. The van der Waals surface area contributed by atoms with Crippen molar-refractivity contribution >= 4 is 0 Å². The third kappa shape index (κ3) is 4.09. The molecule has 0 unspecified atom stereocenters. The Morgan fingerprint density at radius 1 is 1.04 bits per heavy atom. The molecule has 28 heavy (non-hydrogen) atoms. The molecule has 0 radical (unpaired) electrons. The van der Waals surface area contributed by atoms with E-state index in [0.29, 0.717) is 18.3 Å². The highest BCUT2D eigenvalue weighted by molar-refractivity contribution is 5.17. The zero-order chi connectivity index (χ0) is 19.5. The Bertz CT molecular complexity index is 1050. The van der Waals surface area contributed by atoms with Gasteiger partial charge in [0, 0.05) is 44.7 Å². The minimum atomic E-state index is -0.0993. The van der Waals surface area contributed by atoms with Crippen molar-refractivity contribution in [3.05, 3.63) is 69.1 Å². The molecule has 1 aliphatic heterocycles. The van der Waals surface area contributed by atoms with Crippen molar-refractivity contribution in [1.82, 2.24) is 34.2 Å². The quantitative estimate of drug-likeness (QED) is 0.637. The molecule has 0 aromatic carbocycles. The van der Waals surface area contributed by atoms with Crippen molar-refractivity contribution in [3.63, 3.8) is 0 Å². The highest BCUT2D eigenvalue weighted by atomic mass is 16.1. The van der Waals surface area contributed by atoms with Crippen LogP contribution in [0.2, 0.25) is 0 Å².